The molecule has 1 N–H and O–H groups in total. The van der Waals surface area contributed by atoms with Gasteiger partial charge in [-0.2, -0.15) is 0 Å². The SMILES string of the molecule is Cc1ccc(CNCC2COCCO2)cc1. The van der Waals surface area contributed by atoms with Gasteiger partial charge in [0.25, 0.3) is 0 Å². The Morgan fingerprint density at radius 1 is 1.25 bits per heavy atom. The van der Waals surface area contributed by atoms with Gasteiger partial charge in [-0.25, -0.2) is 0 Å². The van der Waals surface area contributed by atoms with Crippen molar-refractivity contribution >= 4 is 0 Å². The van der Waals surface area contributed by atoms with Gasteiger partial charge in [0.05, 0.1) is 25.9 Å². The Morgan fingerprint density at radius 2 is 2.06 bits per heavy atom. The fourth-order valence-electron chi connectivity index (χ4n) is 1.74. The Morgan fingerprint density at radius 3 is 2.75 bits per heavy atom. The molecule has 0 radical (unpaired) electrons. The molecule has 0 spiro atoms. The fourth-order valence-corrected chi connectivity index (χ4v) is 1.74. The van der Waals surface area contributed by atoms with Crippen molar-refractivity contribution < 1.29 is 9.47 Å². The summed E-state index contributed by atoms with van der Waals surface area (Å²) in [6, 6.07) is 8.58. The third kappa shape index (κ3) is 3.59. The molecule has 1 atom stereocenters. The topological polar surface area (TPSA) is 30.5 Å². The zero-order valence-corrected chi connectivity index (χ0v) is 9.74. The lowest BCUT2D eigenvalue weighted by Crippen LogP contribution is -2.37. The number of rotatable bonds is 4. The van der Waals surface area contributed by atoms with Crippen LogP contribution in [-0.2, 0) is 16.0 Å². The minimum Gasteiger partial charge on any atom is -0.376 e. The lowest BCUT2D eigenvalue weighted by Gasteiger charge is -2.23. The summed E-state index contributed by atoms with van der Waals surface area (Å²) >= 11 is 0. The number of aryl methyl sites for hydroxylation is 1. The third-order valence-electron chi connectivity index (χ3n) is 2.71. The quantitative estimate of drug-likeness (QED) is 0.835. The standard InChI is InChI=1S/C13H19NO2/c1-11-2-4-12(5-3-11)8-14-9-13-10-15-6-7-16-13/h2-5,13-14H,6-10H2,1H3. The van der Waals surface area contributed by atoms with Crippen LogP contribution in [-0.4, -0.2) is 32.5 Å². The minimum atomic E-state index is 0.208. The molecule has 1 saturated heterocycles. The Hall–Kier alpha value is -0.900. The molecule has 1 aromatic rings. The van der Waals surface area contributed by atoms with Gasteiger partial charge < -0.3 is 14.8 Å². The molecule has 1 aliphatic heterocycles. The lowest BCUT2D eigenvalue weighted by atomic mass is 10.1. The van der Waals surface area contributed by atoms with Crippen LogP contribution in [0, 0.1) is 6.92 Å². The average molecular weight is 221 g/mol. The highest BCUT2D eigenvalue weighted by Gasteiger charge is 2.13. The van der Waals surface area contributed by atoms with Crippen LogP contribution in [0.25, 0.3) is 0 Å². The summed E-state index contributed by atoms with van der Waals surface area (Å²) in [4.78, 5) is 0. The second-order valence-electron chi connectivity index (χ2n) is 4.18. The van der Waals surface area contributed by atoms with Gasteiger partial charge in [0.15, 0.2) is 0 Å². The summed E-state index contributed by atoms with van der Waals surface area (Å²) in [7, 11) is 0. The number of hydrogen-bond acceptors (Lipinski definition) is 3. The first-order chi connectivity index (χ1) is 7.84. The Labute approximate surface area is 96.8 Å². The maximum absolute atomic E-state index is 5.55. The van der Waals surface area contributed by atoms with Gasteiger partial charge in [-0.3, -0.25) is 0 Å². The number of hydrogen-bond donors (Lipinski definition) is 1. The summed E-state index contributed by atoms with van der Waals surface area (Å²) in [5.41, 5.74) is 2.61. The molecule has 0 aromatic heterocycles. The van der Waals surface area contributed by atoms with E-state index in [1.54, 1.807) is 0 Å². The highest BCUT2D eigenvalue weighted by molar-refractivity contribution is 5.21. The highest BCUT2D eigenvalue weighted by Crippen LogP contribution is 2.03. The molecule has 0 aliphatic carbocycles. The van der Waals surface area contributed by atoms with E-state index in [1.165, 1.54) is 11.1 Å². The van der Waals surface area contributed by atoms with E-state index in [0.29, 0.717) is 6.61 Å². The first-order valence-corrected chi connectivity index (χ1v) is 5.80. The lowest BCUT2D eigenvalue weighted by molar-refractivity contribution is -0.0864. The molecule has 0 bridgehead atoms. The van der Waals surface area contributed by atoms with Crippen LogP contribution in [0.4, 0.5) is 0 Å². The van der Waals surface area contributed by atoms with Crippen molar-refractivity contribution in [2.45, 2.75) is 19.6 Å². The van der Waals surface area contributed by atoms with Gasteiger partial charge in [-0.1, -0.05) is 29.8 Å². The molecular weight excluding hydrogens is 202 g/mol. The molecule has 3 nitrogen and oxygen atoms in total. The van der Waals surface area contributed by atoms with Gasteiger partial charge in [0, 0.05) is 13.1 Å². The van der Waals surface area contributed by atoms with Gasteiger partial charge >= 0.3 is 0 Å². The summed E-state index contributed by atoms with van der Waals surface area (Å²) < 4.78 is 10.9. The monoisotopic (exact) mass is 221 g/mol. The minimum absolute atomic E-state index is 0.208. The van der Waals surface area contributed by atoms with Crippen molar-refractivity contribution in [1.82, 2.24) is 5.32 Å². The van der Waals surface area contributed by atoms with Crippen LogP contribution in [0.3, 0.4) is 0 Å². The smallest absolute Gasteiger partial charge is 0.0933 e. The molecule has 0 saturated carbocycles. The van der Waals surface area contributed by atoms with Crippen molar-refractivity contribution in [3.05, 3.63) is 35.4 Å². The summed E-state index contributed by atoms with van der Waals surface area (Å²) in [5, 5.41) is 3.39. The van der Waals surface area contributed by atoms with Crippen LogP contribution in [0.15, 0.2) is 24.3 Å². The zero-order chi connectivity index (χ0) is 11.2. The molecule has 16 heavy (non-hydrogen) atoms. The first kappa shape index (κ1) is 11.6. The molecule has 1 aliphatic rings. The maximum Gasteiger partial charge on any atom is 0.0933 e. The van der Waals surface area contributed by atoms with E-state index < -0.39 is 0 Å². The Balaban J connectivity index is 1.69. The molecule has 1 aromatic carbocycles. The van der Waals surface area contributed by atoms with Crippen LogP contribution >= 0.6 is 0 Å². The van der Waals surface area contributed by atoms with E-state index >= 15 is 0 Å². The van der Waals surface area contributed by atoms with Crippen LogP contribution < -0.4 is 5.32 Å². The first-order valence-electron chi connectivity index (χ1n) is 5.80. The normalized spacial score (nSPS) is 20.9. The molecule has 3 heteroatoms. The fraction of sp³-hybridized carbons (Fsp3) is 0.538. The predicted molar refractivity (Wildman–Crippen MR) is 63.4 cm³/mol. The highest BCUT2D eigenvalue weighted by atomic mass is 16.6. The summed E-state index contributed by atoms with van der Waals surface area (Å²) in [6.45, 7) is 6.00. The van der Waals surface area contributed by atoms with Gasteiger partial charge in [0.2, 0.25) is 0 Å². The van der Waals surface area contributed by atoms with E-state index in [2.05, 4.69) is 36.5 Å². The van der Waals surface area contributed by atoms with Gasteiger partial charge in [-0.15, -0.1) is 0 Å². The second kappa shape index (κ2) is 5.99. The van der Waals surface area contributed by atoms with E-state index in [-0.39, 0.29) is 6.10 Å². The molecular formula is C13H19NO2. The third-order valence-corrected chi connectivity index (χ3v) is 2.71. The summed E-state index contributed by atoms with van der Waals surface area (Å²) in [5.74, 6) is 0. The van der Waals surface area contributed by atoms with Crippen molar-refractivity contribution in [1.29, 1.82) is 0 Å². The molecule has 88 valence electrons. The van der Waals surface area contributed by atoms with E-state index in [4.69, 9.17) is 9.47 Å². The van der Waals surface area contributed by atoms with E-state index in [1.807, 2.05) is 0 Å². The Kier molecular flexibility index (Phi) is 4.34. The van der Waals surface area contributed by atoms with Gasteiger partial charge in [-0.05, 0) is 12.5 Å². The van der Waals surface area contributed by atoms with E-state index in [0.717, 1.165) is 26.3 Å². The largest absolute Gasteiger partial charge is 0.376 e. The zero-order valence-electron chi connectivity index (χ0n) is 9.74. The Bertz CT molecular complexity index is 304. The van der Waals surface area contributed by atoms with Crippen LogP contribution in [0.2, 0.25) is 0 Å². The van der Waals surface area contributed by atoms with Crippen molar-refractivity contribution in [2.24, 2.45) is 0 Å². The average Bonchev–Trinajstić information content (AvgIpc) is 2.33. The number of benzene rings is 1. The number of ether oxygens (including phenoxy) is 2. The van der Waals surface area contributed by atoms with Crippen molar-refractivity contribution in [2.75, 3.05) is 26.4 Å². The van der Waals surface area contributed by atoms with Crippen molar-refractivity contribution in [3.8, 4) is 0 Å². The maximum atomic E-state index is 5.55. The molecule has 1 heterocycles. The van der Waals surface area contributed by atoms with E-state index in [9.17, 15) is 0 Å². The van der Waals surface area contributed by atoms with Crippen molar-refractivity contribution in [3.63, 3.8) is 0 Å². The molecule has 1 fully saturated rings. The predicted octanol–water partition coefficient (Wildman–Crippen LogP) is 1.50. The molecule has 1 unspecified atom stereocenters. The molecule has 2 rings (SSSR count). The molecule has 0 amide bonds. The number of nitrogens with one attached hydrogen (secondary N) is 1. The second-order valence-corrected chi connectivity index (χ2v) is 4.18. The van der Waals surface area contributed by atoms with Crippen LogP contribution in [0.5, 0.6) is 0 Å². The van der Waals surface area contributed by atoms with Gasteiger partial charge in [0.1, 0.15) is 0 Å². The summed E-state index contributed by atoms with van der Waals surface area (Å²) in [6.07, 6.45) is 0.208. The van der Waals surface area contributed by atoms with Crippen LogP contribution in [0.1, 0.15) is 11.1 Å².